The number of unbranched alkanes of at least 4 members (excludes halogenated alkanes) is 2. The second-order valence-electron chi connectivity index (χ2n) is 5.15. The van der Waals surface area contributed by atoms with Crippen LogP contribution in [0.3, 0.4) is 0 Å². The summed E-state index contributed by atoms with van der Waals surface area (Å²) in [6.45, 7) is 2.94. The average molecular weight is 312 g/mol. The summed E-state index contributed by atoms with van der Waals surface area (Å²) in [7, 11) is 0. The molecule has 7 heteroatoms. The molecule has 0 radical (unpaired) electrons. The maximum Gasteiger partial charge on any atom is 0.182 e. The van der Waals surface area contributed by atoms with Gasteiger partial charge in [-0.2, -0.15) is 0 Å². The summed E-state index contributed by atoms with van der Waals surface area (Å²) in [6, 6.07) is 7.80. The average Bonchev–Trinajstić information content (AvgIpc) is 3.07. The Kier molecular flexibility index (Phi) is 4.88. The summed E-state index contributed by atoms with van der Waals surface area (Å²) in [4.78, 5) is 15.4. The van der Waals surface area contributed by atoms with E-state index in [9.17, 15) is 0 Å². The normalized spacial score (nSPS) is 10.7. The van der Waals surface area contributed by atoms with Gasteiger partial charge in [-0.3, -0.25) is 10.9 Å². The van der Waals surface area contributed by atoms with E-state index in [0.717, 1.165) is 30.0 Å². The van der Waals surface area contributed by atoms with Crippen LogP contribution in [0.1, 0.15) is 26.2 Å². The standard InChI is InChI=1S/C16H20N6O/c1-2-3-4-9-23-13-7-5-12(6-8-13)21-22-16-14-15(18-10-17-14)19-11-20-16/h5-8,10-11,21H,2-4,9H2,1H3,(H2,17,18,19,20,22). The number of anilines is 2. The zero-order valence-corrected chi connectivity index (χ0v) is 13.0. The highest BCUT2D eigenvalue weighted by Gasteiger charge is 2.04. The molecule has 0 amide bonds. The number of rotatable bonds is 8. The predicted octanol–water partition coefficient (Wildman–Crippen LogP) is 3.36. The molecule has 0 bridgehead atoms. The smallest absolute Gasteiger partial charge is 0.182 e. The molecule has 120 valence electrons. The van der Waals surface area contributed by atoms with Crippen molar-refractivity contribution >= 4 is 22.7 Å². The van der Waals surface area contributed by atoms with Gasteiger partial charge in [0.1, 0.15) is 17.6 Å². The Morgan fingerprint density at radius 1 is 1.04 bits per heavy atom. The Hall–Kier alpha value is -2.83. The van der Waals surface area contributed by atoms with Gasteiger partial charge in [-0.05, 0) is 30.7 Å². The maximum atomic E-state index is 5.69. The largest absolute Gasteiger partial charge is 0.494 e. The first-order valence-electron chi connectivity index (χ1n) is 7.76. The van der Waals surface area contributed by atoms with Crippen LogP contribution in [0, 0.1) is 0 Å². The first-order chi connectivity index (χ1) is 11.4. The minimum absolute atomic E-state index is 0.625. The van der Waals surface area contributed by atoms with E-state index in [2.05, 4.69) is 37.7 Å². The number of hydrogen-bond donors (Lipinski definition) is 3. The number of ether oxygens (including phenoxy) is 1. The summed E-state index contributed by atoms with van der Waals surface area (Å²) < 4.78 is 5.69. The van der Waals surface area contributed by atoms with Crippen molar-refractivity contribution in [2.75, 3.05) is 17.5 Å². The van der Waals surface area contributed by atoms with E-state index in [1.807, 2.05) is 24.3 Å². The summed E-state index contributed by atoms with van der Waals surface area (Å²) in [5, 5.41) is 0. The molecule has 0 atom stereocenters. The molecule has 0 aliphatic carbocycles. The van der Waals surface area contributed by atoms with Crippen LogP contribution in [0.2, 0.25) is 0 Å². The van der Waals surface area contributed by atoms with E-state index in [1.165, 1.54) is 19.2 Å². The van der Waals surface area contributed by atoms with Gasteiger partial charge in [-0.1, -0.05) is 19.8 Å². The minimum atomic E-state index is 0.625. The van der Waals surface area contributed by atoms with Gasteiger partial charge in [-0.15, -0.1) is 0 Å². The fourth-order valence-electron chi connectivity index (χ4n) is 2.17. The molecule has 0 fully saturated rings. The van der Waals surface area contributed by atoms with Crippen molar-refractivity contribution in [2.45, 2.75) is 26.2 Å². The molecular weight excluding hydrogens is 292 g/mol. The van der Waals surface area contributed by atoms with Crippen molar-refractivity contribution in [2.24, 2.45) is 0 Å². The van der Waals surface area contributed by atoms with Gasteiger partial charge < -0.3 is 9.72 Å². The van der Waals surface area contributed by atoms with Crippen LogP contribution in [0.15, 0.2) is 36.9 Å². The molecule has 0 saturated carbocycles. The fraction of sp³-hybridized carbons (Fsp3) is 0.312. The minimum Gasteiger partial charge on any atom is -0.494 e. The lowest BCUT2D eigenvalue weighted by atomic mass is 10.2. The Bertz CT molecular complexity index is 740. The first kappa shape index (κ1) is 15.1. The highest BCUT2D eigenvalue weighted by molar-refractivity contribution is 5.82. The fourth-order valence-corrected chi connectivity index (χ4v) is 2.17. The van der Waals surface area contributed by atoms with Crippen LogP contribution >= 0.6 is 0 Å². The number of hydrazine groups is 1. The molecule has 7 nitrogen and oxygen atoms in total. The Morgan fingerprint density at radius 3 is 2.74 bits per heavy atom. The number of hydrogen-bond acceptors (Lipinski definition) is 6. The molecule has 2 heterocycles. The van der Waals surface area contributed by atoms with E-state index < -0.39 is 0 Å². The Morgan fingerprint density at radius 2 is 1.91 bits per heavy atom. The van der Waals surface area contributed by atoms with Crippen LogP contribution in [0.25, 0.3) is 11.2 Å². The molecule has 0 unspecified atom stereocenters. The number of nitrogens with one attached hydrogen (secondary N) is 3. The molecule has 1 aromatic carbocycles. The van der Waals surface area contributed by atoms with Crippen molar-refractivity contribution in [3.05, 3.63) is 36.9 Å². The van der Waals surface area contributed by atoms with Crippen molar-refractivity contribution in [1.29, 1.82) is 0 Å². The van der Waals surface area contributed by atoms with Crippen molar-refractivity contribution in [1.82, 2.24) is 19.9 Å². The zero-order chi connectivity index (χ0) is 15.9. The van der Waals surface area contributed by atoms with Crippen LogP contribution in [0.5, 0.6) is 5.75 Å². The summed E-state index contributed by atoms with van der Waals surface area (Å²) in [5.41, 5.74) is 8.46. The number of H-pyrrole nitrogens is 1. The van der Waals surface area contributed by atoms with E-state index in [1.54, 1.807) is 6.33 Å². The second kappa shape index (κ2) is 7.44. The highest BCUT2D eigenvalue weighted by Crippen LogP contribution is 2.18. The van der Waals surface area contributed by atoms with Crippen LogP contribution in [0.4, 0.5) is 11.5 Å². The van der Waals surface area contributed by atoms with Crippen molar-refractivity contribution in [3.63, 3.8) is 0 Å². The molecule has 0 spiro atoms. The molecule has 3 N–H and O–H groups in total. The van der Waals surface area contributed by atoms with Gasteiger partial charge in [0.25, 0.3) is 0 Å². The van der Waals surface area contributed by atoms with Gasteiger partial charge in [0.2, 0.25) is 0 Å². The number of benzene rings is 1. The number of aromatic amines is 1. The molecule has 0 aliphatic heterocycles. The molecular formula is C16H20N6O. The summed E-state index contributed by atoms with van der Waals surface area (Å²) in [6.07, 6.45) is 6.55. The lowest BCUT2D eigenvalue weighted by Crippen LogP contribution is -2.10. The lowest BCUT2D eigenvalue weighted by molar-refractivity contribution is 0.306. The second-order valence-corrected chi connectivity index (χ2v) is 5.15. The molecule has 3 aromatic rings. The molecule has 0 aliphatic rings. The third-order valence-electron chi connectivity index (χ3n) is 3.42. The van der Waals surface area contributed by atoms with Crippen LogP contribution < -0.4 is 15.6 Å². The van der Waals surface area contributed by atoms with Crippen molar-refractivity contribution in [3.8, 4) is 5.75 Å². The van der Waals surface area contributed by atoms with Crippen LogP contribution in [-0.2, 0) is 0 Å². The number of aromatic nitrogens is 4. The third-order valence-corrected chi connectivity index (χ3v) is 3.42. The zero-order valence-electron chi connectivity index (χ0n) is 13.0. The van der Waals surface area contributed by atoms with Crippen molar-refractivity contribution < 1.29 is 4.74 Å². The molecule has 2 aromatic heterocycles. The molecule has 23 heavy (non-hydrogen) atoms. The van der Waals surface area contributed by atoms with E-state index in [0.29, 0.717) is 11.5 Å². The van der Waals surface area contributed by atoms with E-state index >= 15 is 0 Å². The van der Waals surface area contributed by atoms with Gasteiger partial charge in [0.15, 0.2) is 11.5 Å². The quantitative estimate of drug-likeness (QED) is 0.436. The highest BCUT2D eigenvalue weighted by atomic mass is 16.5. The summed E-state index contributed by atoms with van der Waals surface area (Å²) >= 11 is 0. The van der Waals surface area contributed by atoms with Crippen LogP contribution in [-0.4, -0.2) is 26.5 Å². The van der Waals surface area contributed by atoms with Gasteiger partial charge >= 0.3 is 0 Å². The number of nitrogens with zero attached hydrogens (tertiary/aromatic N) is 3. The monoisotopic (exact) mass is 312 g/mol. The number of imidazole rings is 1. The Balaban J connectivity index is 1.55. The Labute approximate surface area is 134 Å². The predicted molar refractivity (Wildman–Crippen MR) is 90.4 cm³/mol. The lowest BCUT2D eigenvalue weighted by Gasteiger charge is -2.10. The SMILES string of the molecule is CCCCCOc1ccc(NNc2ncnc3nc[nH]c23)cc1. The molecule has 3 rings (SSSR count). The summed E-state index contributed by atoms with van der Waals surface area (Å²) in [5.74, 6) is 1.53. The van der Waals surface area contributed by atoms with E-state index in [4.69, 9.17) is 4.74 Å². The maximum absolute atomic E-state index is 5.69. The molecule has 0 saturated heterocycles. The topological polar surface area (TPSA) is 87.8 Å². The first-order valence-corrected chi connectivity index (χ1v) is 7.76. The third kappa shape index (κ3) is 3.88. The van der Waals surface area contributed by atoms with E-state index in [-0.39, 0.29) is 0 Å². The van der Waals surface area contributed by atoms with Gasteiger partial charge in [-0.25, -0.2) is 15.0 Å². The number of fused-ring (bicyclic) bond motifs is 1. The van der Waals surface area contributed by atoms with Gasteiger partial charge in [0.05, 0.1) is 18.6 Å². The van der Waals surface area contributed by atoms with Gasteiger partial charge in [0, 0.05) is 0 Å².